The smallest absolute Gasteiger partial charge is 0.318 e. The van der Waals surface area contributed by atoms with Gasteiger partial charge in [-0.3, -0.25) is 29.8 Å². The van der Waals surface area contributed by atoms with E-state index in [0.717, 1.165) is 13.0 Å². The minimum Gasteiger partial charge on any atom is -0.480 e. The summed E-state index contributed by atoms with van der Waals surface area (Å²) in [6, 6.07) is 3.15. The fourth-order valence-corrected chi connectivity index (χ4v) is 4.98. The number of nitro benzene ring substituents is 1. The van der Waals surface area contributed by atoms with E-state index in [2.05, 4.69) is 0 Å². The van der Waals surface area contributed by atoms with Crippen molar-refractivity contribution < 1.29 is 29.6 Å². The number of carbonyl (C=O) groups is 2. The Hall–Kier alpha value is -2.88. The Bertz CT molecular complexity index is 836. The van der Waals surface area contributed by atoms with Crippen molar-refractivity contribution in [3.63, 3.8) is 0 Å². The highest BCUT2D eigenvalue weighted by Gasteiger charge is 2.75. The number of hydrogen-bond donors (Lipinski definition) is 2. The molecule has 0 radical (unpaired) electrons. The van der Waals surface area contributed by atoms with Crippen LogP contribution in [-0.2, 0) is 15.0 Å². The van der Waals surface area contributed by atoms with E-state index in [9.17, 15) is 40.0 Å². The first-order chi connectivity index (χ1) is 12.9. The first-order valence-electron chi connectivity index (χ1n) is 8.74. The zero-order valence-electron chi connectivity index (χ0n) is 15.7. The number of benzene rings is 1. The average molecular weight is 394 g/mol. The van der Waals surface area contributed by atoms with Gasteiger partial charge in [-0.05, 0) is 33.1 Å². The van der Waals surface area contributed by atoms with Crippen LogP contribution in [0.1, 0.15) is 45.6 Å². The highest BCUT2D eigenvalue weighted by Crippen LogP contribution is 2.59. The molecule has 10 nitrogen and oxygen atoms in total. The van der Waals surface area contributed by atoms with Crippen LogP contribution in [-0.4, -0.2) is 43.5 Å². The van der Waals surface area contributed by atoms with E-state index < -0.39 is 49.8 Å². The lowest BCUT2D eigenvalue weighted by atomic mass is 9.45. The third-order valence-corrected chi connectivity index (χ3v) is 6.14. The number of nitrogens with zero attached hydrogens (tertiary/aromatic N) is 2. The molecule has 1 aromatic rings. The van der Waals surface area contributed by atoms with Crippen molar-refractivity contribution >= 4 is 17.4 Å². The van der Waals surface area contributed by atoms with Gasteiger partial charge in [0, 0.05) is 16.6 Å². The van der Waals surface area contributed by atoms with Crippen molar-refractivity contribution in [2.75, 3.05) is 0 Å². The van der Waals surface area contributed by atoms with Crippen molar-refractivity contribution in [3.8, 4) is 0 Å². The van der Waals surface area contributed by atoms with Gasteiger partial charge >= 0.3 is 5.97 Å². The quantitative estimate of drug-likeness (QED) is 0.421. The topological polar surface area (TPSA) is 161 Å². The summed E-state index contributed by atoms with van der Waals surface area (Å²) in [6.45, 7) is 3.66. The Morgan fingerprint density at radius 2 is 1.79 bits per heavy atom. The number of rotatable bonds is 6. The molecule has 28 heavy (non-hydrogen) atoms. The maximum atomic E-state index is 12.7. The first kappa shape index (κ1) is 21.4. The van der Waals surface area contributed by atoms with Gasteiger partial charge in [0.2, 0.25) is 0 Å². The molecule has 1 saturated carbocycles. The van der Waals surface area contributed by atoms with Crippen molar-refractivity contribution in [1.82, 2.24) is 0 Å². The number of para-hydroxylation sites is 1. The van der Waals surface area contributed by atoms with E-state index in [1.54, 1.807) is 0 Å². The number of carboxylic acids is 1. The minimum atomic E-state index is -2.30. The summed E-state index contributed by atoms with van der Waals surface area (Å²) < 4.78 is 0. The second-order valence-corrected chi connectivity index (χ2v) is 7.41. The minimum absolute atomic E-state index is 0.234. The van der Waals surface area contributed by atoms with Gasteiger partial charge in [0.05, 0.1) is 10.3 Å². The van der Waals surface area contributed by atoms with Crippen molar-refractivity contribution in [1.29, 1.82) is 0 Å². The maximum Gasteiger partial charge on any atom is 0.318 e. The maximum absolute atomic E-state index is 12.7. The molecular weight excluding hydrogens is 372 g/mol. The number of carbonyl (C=O) groups excluding carboxylic acids is 1. The molecule has 1 aliphatic rings. The van der Waals surface area contributed by atoms with E-state index in [1.165, 1.54) is 32.0 Å². The number of Topliss-reactive ketones (excluding diaryl/α,β-unsaturated/α-hetero) is 1. The van der Waals surface area contributed by atoms with Gasteiger partial charge in [0.15, 0.2) is 0 Å². The van der Waals surface area contributed by atoms with E-state index in [4.69, 9.17) is 0 Å². The van der Waals surface area contributed by atoms with Gasteiger partial charge in [-0.1, -0.05) is 25.1 Å². The Morgan fingerprint density at radius 1 is 1.21 bits per heavy atom. The average Bonchev–Trinajstić information content (AvgIpc) is 2.59. The largest absolute Gasteiger partial charge is 0.480 e. The van der Waals surface area contributed by atoms with E-state index in [0.29, 0.717) is 0 Å². The fraction of sp³-hybridized carbons (Fsp3) is 0.556. The van der Waals surface area contributed by atoms with Crippen LogP contribution in [0.3, 0.4) is 0 Å². The molecule has 0 aliphatic heterocycles. The molecular formula is C18H22N2O8. The molecule has 1 fully saturated rings. The summed E-state index contributed by atoms with van der Waals surface area (Å²) in [4.78, 5) is 47.3. The summed E-state index contributed by atoms with van der Waals surface area (Å²) in [6.07, 6.45) is -0.965. The van der Waals surface area contributed by atoms with Crippen molar-refractivity contribution in [3.05, 3.63) is 50.1 Å². The second kappa shape index (κ2) is 6.93. The summed E-state index contributed by atoms with van der Waals surface area (Å²) in [7, 11) is 0. The van der Waals surface area contributed by atoms with Crippen LogP contribution in [0.4, 0.5) is 5.69 Å². The van der Waals surface area contributed by atoms with Crippen LogP contribution in [0.5, 0.6) is 0 Å². The normalized spacial score (nSPS) is 32.5. The standard InChI is InChI=1S/C18H22N2O8/c1-4-17(12-7-5-6-8-13(12)19(25)26)14(20(27)28)16(3,24)9-10-18(17,11(2)21)15(22)23/h5-8,14,24H,4,9-10H2,1-3H3,(H,22,23)/t14-,16-,17+,18-/m1/s1. The number of aliphatic hydroxyl groups is 1. The summed E-state index contributed by atoms with van der Waals surface area (Å²) >= 11 is 0. The van der Waals surface area contributed by atoms with Crippen LogP contribution in [0, 0.1) is 25.6 Å². The lowest BCUT2D eigenvalue weighted by Gasteiger charge is -2.54. The van der Waals surface area contributed by atoms with Crippen LogP contribution in [0.2, 0.25) is 0 Å². The van der Waals surface area contributed by atoms with E-state index in [1.807, 2.05) is 0 Å². The molecule has 1 aromatic carbocycles. The molecule has 0 saturated heterocycles. The predicted molar refractivity (Wildman–Crippen MR) is 96.5 cm³/mol. The highest BCUT2D eigenvalue weighted by molar-refractivity contribution is 6.04. The Kier molecular flexibility index (Phi) is 5.30. The number of hydrogen-bond acceptors (Lipinski definition) is 7. The molecule has 0 heterocycles. The van der Waals surface area contributed by atoms with Gasteiger partial charge in [-0.15, -0.1) is 0 Å². The van der Waals surface area contributed by atoms with E-state index in [-0.39, 0.29) is 24.8 Å². The summed E-state index contributed by atoms with van der Waals surface area (Å²) in [5.74, 6) is -2.44. The van der Waals surface area contributed by atoms with Gasteiger partial charge in [-0.25, -0.2) is 0 Å². The van der Waals surface area contributed by atoms with E-state index >= 15 is 0 Å². The van der Waals surface area contributed by atoms with Gasteiger partial charge in [0.25, 0.3) is 11.7 Å². The van der Waals surface area contributed by atoms with Crippen molar-refractivity contribution in [2.45, 2.75) is 57.1 Å². The molecule has 10 heteroatoms. The molecule has 2 N–H and O–H groups in total. The van der Waals surface area contributed by atoms with Crippen LogP contribution < -0.4 is 0 Å². The molecule has 0 unspecified atom stereocenters. The zero-order chi connectivity index (χ0) is 21.5. The number of carboxylic acid groups (broad SMARTS) is 1. The van der Waals surface area contributed by atoms with Crippen LogP contribution >= 0.6 is 0 Å². The Balaban J connectivity index is 3.11. The Labute approximate surface area is 160 Å². The van der Waals surface area contributed by atoms with Gasteiger partial charge in [0.1, 0.15) is 16.8 Å². The third kappa shape index (κ3) is 2.67. The number of ketones is 1. The molecule has 152 valence electrons. The van der Waals surface area contributed by atoms with Gasteiger partial charge < -0.3 is 10.2 Å². The third-order valence-electron chi connectivity index (χ3n) is 6.14. The van der Waals surface area contributed by atoms with Crippen molar-refractivity contribution in [2.24, 2.45) is 5.41 Å². The summed E-state index contributed by atoms with van der Waals surface area (Å²) in [5.41, 5.74) is -7.16. The molecule has 0 spiro atoms. The number of nitro groups is 2. The lowest BCUT2D eigenvalue weighted by molar-refractivity contribution is -0.566. The van der Waals surface area contributed by atoms with Crippen LogP contribution in [0.15, 0.2) is 24.3 Å². The van der Waals surface area contributed by atoms with Crippen LogP contribution in [0.25, 0.3) is 0 Å². The molecule has 0 bridgehead atoms. The number of aliphatic carboxylic acids is 1. The first-order valence-corrected chi connectivity index (χ1v) is 8.74. The molecule has 0 amide bonds. The SMILES string of the molecule is CC[C@]1(c2ccccc2[N+](=O)[O-])[C@H]([N+](=O)[O-])[C@](C)(O)CC[C@@]1(C(C)=O)C(=O)O. The zero-order valence-corrected chi connectivity index (χ0v) is 15.7. The Morgan fingerprint density at radius 3 is 2.21 bits per heavy atom. The van der Waals surface area contributed by atoms with Gasteiger partial charge in [-0.2, -0.15) is 0 Å². The monoisotopic (exact) mass is 394 g/mol. The molecule has 0 aromatic heterocycles. The molecule has 2 rings (SSSR count). The molecule has 1 aliphatic carbocycles. The fourth-order valence-electron chi connectivity index (χ4n) is 4.98. The lowest BCUT2D eigenvalue weighted by Crippen LogP contribution is -2.71. The second-order valence-electron chi connectivity index (χ2n) is 7.41. The molecule has 4 atom stereocenters. The predicted octanol–water partition coefficient (Wildman–Crippen LogP) is 2.09. The summed E-state index contributed by atoms with van der Waals surface area (Å²) in [5, 5.41) is 44.7. The highest BCUT2D eigenvalue weighted by atomic mass is 16.6.